The Morgan fingerprint density at radius 1 is 0.593 bits per heavy atom. The molecule has 13 nitrogen and oxygen atoms in total. The number of hydrogen-bond acceptors (Lipinski definition) is 9. The molecule has 0 aromatic rings. The number of unbranched alkanes of at least 4 members (excludes halogenated alkanes) is 16. The molecule has 0 aliphatic rings. The summed E-state index contributed by atoms with van der Waals surface area (Å²) in [4.78, 5) is 59.2. The number of hydrogen-bond donors (Lipinski definition) is 3. The van der Waals surface area contributed by atoms with Crippen molar-refractivity contribution in [2.45, 2.75) is 174 Å². The van der Waals surface area contributed by atoms with Crippen LogP contribution >= 0.6 is 0 Å². The fraction of sp³-hybridized carbons (Fsp3) is 0.848. The first kappa shape index (κ1) is 56.0. The molecule has 2 atom stereocenters. The van der Waals surface area contributed by atoms with E-state index in [1.165, 1.54) is 52.4 Å². The Bertz CT molecular complexity index is 1160. The molecule has 59 heavy (non-hydrogen) atoms. The van der Waals surface area contributed by atoms with Gasteiger partial charge < -0.3 is 38.9 Å². The molecule has 0 bridgehead atoms. The minimum atomic E-state index is -0.750. The summed E-state index contributed by atoms with van der Waals surface area (Å²) in [6, 6.07) is 0. The lowest BCUT2D eigenvalue weighted by molar-refractivity contribution is -0.883. The molecule has 0 saturated heterocycles. The molecule has 13 heteroatoms. The zero-order valence-corrected chi connectivity index (χ0v) is 38.6. The lowest BCUT2D eigenvalue weighted by atomic mass is 10.0. The van der Waals surface area contributed by atoms with Crippen LogP contribution in [-0.2, 0) is 38.2 Å². The largest absolute Gasteiger partial charge is 0.460 e. The molecule has 0 fully saturated rings. The van der Waals surface area contributed by atoms with Gasteiger partial charge in [0, 0.05) is 33.4 Å². The standard InChI is InChI=1S/C46H86N4O9/c1-8-9-24-30-43(59-46(56)39-50(6,7)35-37-58-41(3)52)42(53)29-25-20-16-12-13-17-21-26-31-44(54)47-32-27-22-18-14-10-11-15-19-23-28-33-48-45(55)38-49(4,5)34-36-57-40(2)51/h20,25,42-43,53H,8-19,21-24,26-39H2,1-7H3/p+2. The van der Waals surface area contributed by atoms with Gasteiger partial charge in [0.2, 0.25) is 5.91 Å². The van der Waals surface area contributed by atoms with Gasteiger partial charge in [0.1, 0.15) is 32.4 Å². The molecule has 344 valence electrons. The number of aliphatic hydroxyl groups excluding tert-OH is 1. The van der Waals surface area contributed by atoms with Crippen LogP contribution in [0.5, 0.6) is 0 Å². The normalized spacial score (nSPS) is 12.9. The van der Waals surface area contributed by atoms with Crippen molar-refractivity contribution in [3.05, 3.63) is 12.2 Å². The number of quaternary nitrogens is 2. The summed E-state index contributed by atoms with van der Waals surface area (Å²) in [7, 11) is 7.71. The lowest BCUT2D eigenvalue weighted by Gasteiger charge is -2.30. The summed E-state index contributed by atoms with van der Waals surface area (Å²) in [6.45, 7) is 8.53. The first-order chi connectivity index (χ1) is 28.1. The highest BCUT2D eigenvalue weighted by molar-refractivity contribution is 5.77. The zero-order valence-electron chi connectivity index (χ0n) is 38.6. The molecule has 0 aromatic heterocycles. The van der Waals surface area contributed by atoms with Crippen molar-refractivity contribution in [2.75, 3.05) is 80.7 Å². The van der Waals surface area contributed by atoms with Crippen molar-refractivity contribution in [1.29, 1.82) is 0 Å². The Morgan fingerprint density at radius 2 is 1.07 bits per heavy atom. The molecule has 0 aliphatic carbocycles. The number of rotatable bonds is 39. The maximum atomic E-state index is 12.7. The molecule has 3 N–H and O–H groups in total. The molecular weight excluding hydrogens is 753 g/mol. The van der Waals surface area contributed by atoms with Gasteiger partial charge in [-0.1, -0.05) is 103 Å². The summed E-state index contributed by atoms with van der Waals surface area (Å²) < 4.78 is 16.6. The zero-order chi connectivity index (χ0) is 44.2. The molecule has 0 heterocycles. The van der Waals surface area contributed by atoms with Crippen LogP contribution in [0.15, 0.2) is 12.2 Å². The number of aliphatic hydroxyl groups is 1. The fourth-order valence-electron chi connectivity index (χ4n) is 6.75. The number of esters is 3. The summed E-state index contributed by atoms with van der Waals surface area (Å²) in [5.41, 5.74) is 0. The number of carbonyl (C=O) groups is 5. The SMILES string of the molecule is CCCCCC(OC(=O)C[N+](C)(C)CCOC(C)=O)C(O)CC=CCCCCCCCC(=O)NCCCCCCCCCCCCNC(=O)C[N+](C)(C)CCOC(C)=O. The van der Waals surface area contributed by atoms with Gasteiger partial charge in [-0.15, -0.1) is 0 Å². The monoisotopic (exact) mass is 841 g/mol. The lowest BCUT2D eigenvalue weighted by Crippen LogP contribution is -2.49. The second kappa shape index (κ2) is 35.7. The Kier molecular flexibility index (Phi) is 33.9. The van der Waals surface area contributed by atoms with E-state index in [2.05, 4.69) is 23.6 Å². The first-order valence-electron chi connectivity index (χ1n) is 23.0. The van der Waals surface area contributed by atoms with E-state index in [0.29, 0.717) is 61.0 Å². The number of carbonyl (C=O) groups excluding carboxylic acids is 5. The molecular formula is C46H88N4O9+2. The van der Waals surface area contributed by atoms with E-state index in [0.717, 1.165) is 90.0 Å². The highest BCUT2D eigenvalue weighted by Gasteiger charge is 2.27. The molecule has 0 aliphatic heterocycles. The smallest absolute Gasteiger partial charge is 0.362 e. The third-order valence-corrected chi connectivity index (χ3v) is 10.5. The van der Waals surface area contributed by atoms with Gasteiger partial charge in [-0.25, -0.2) is 4.79 Å². The van der Waals surface area contributed by atoms with Crippen molar-refractivity contribution in [2.24, 2.45) is 0 Å². The van der Waals surface area contributed by atoms with Crippen LogP contribution in [-0.4, -0.2) is 137 Å². The first-order valence-corrected chi connectivity index (χ1v) is 23.0. The number of likely N-dealkylation sites (N-methyl/N-ethyl adjacent to an activating group) is 2. The maximum Gasteiger partial charge on any atom is 0.362 e. The third kappa shape index (κ3) is 37.7. The number of nitrogens with one attached hydrogen (secondary N) is 2. The number of allylic oxidation sites excluding steroid dienone is 1. The van der Waals surface area contributed by atoms with E-state index < -0.39 is 12.2 Å². The number of nitrogens with zero attached hydrogens (tertiary/aromatic N) is 2. The van der Waals surface area contributed by atoms with Crippen LogP contribution < -0.4 is 10.6 Å². The fourth-order valence-corrected chi connectivity index (χ4v) is 6.75. The van der Waals surface area contributed by atoms with Gasteiger partial charge >= 0.3 is 17.9 Å². The van der Waals surface area contributed by atoms with Crippen molar-refractivity contribution < 1.29 is 52.3 Å². The van der Waals surface area contributed by atoms with Crippen molar-refractivity contribution >= 4 is 29.7 Å². The van der Waals surface area contributed by atoms with Gasteiger partial charge in [-0.05, 0) is 51.4 Å². The van der Waals surface area contributed by atoms with Gasteiger partial charge in [0.25, 0.3) is 5.91 Å². The van der Waals surface area contributed by atoms with E-state index in [9.17, 15) is 29.1 Å². The Balaban J connectivity index is 3.83. The van der Waals surface area contributed by atoms with Crippen LogP contribution in [0.1, 0.15) is 162 Å². The topological polar surface area (TPSA) is 157 Å². The molecule has 0 saturated carbocycles. The van der Waals surface area contributed by atoms with Crippen LogP contribution in [0.25, 0.3) is 0 Å². The molecule has 0 aromatic carbocycles. The average Bonchev–Trinajstić information content (AvgIpc) is 3.14. The van der Waals surface area contributed by atoms with E-state index >= 15 is 0 Å². The highest BCUT2D eigenvalue weighted by Crippen LogP contribution is 2.16. The number of ether oxygens (including phenoxy) is 3. The van der Waals surface area contributed by atoms with Crippen molar-refractivity contribution in [3.63, 3.8) is 0 Å². The third-order valence-electron chi connectivity index (χ3n) is 10.5. The van der Waals surface area contributed by atoms with Gasteiger partial charge in [-0.3, -0.25) is 19.2 Å². The van der Waals surface area contributed by atoms with E-state index in [-0.39, 0.29) is 42.9 Å². The summed E-state index contributed by atoms with van der Waals surface area (Å²) in [5.74, 6) is -0.795. The highest BCUT2D eigenvalue weighted by atomic mass is 16.6. The predicted octanol–water partition coefficient (Wildman–Crippen LogP) is 6.93. The molecule has 2 amide bonds. The quantitative estimate of drug-likeness (QED) is 0.0196. The van der Waals surface area contributed by atoms with Gasteiger partial charge in [0.05, 0.1) is 34.3 Å². The summed E-state index contributed by atoms with van der Waals surface area (Å²) in [6.07, 6.45) is 25.3. The van der Waals surface area contributed by atoms with Crippen LogP contribution in [0.2, 0.25) is 0 Å². The second-order valence-corrected chi connectivity index (χ2v) is 17.7. The summed E-state index contributed by atoms with van der Waals surface area (Å²) in [5, 5.41) is 17.0. The van der Waals surface area contributed by atoms with Crippen LogP contribution in [0, 0.1) is 0 Å². The van der Waals surface area contributed by atoms with E-state index in [1.54, 1.807) is 0 Å². The molecule has 2 unspecified atom stereocenters. The predicted molar refractivity (Wildman–Crippen MR) is 235 cm³/mol. The van der Waals surface area contributed by atoms with Gasteiger partial charge in [-0.2, -0.15) is 0 Å². The van der Waals surface area contributed by atoms with Crippen LogP contribution in [0.4, 0.5) is 0 Å². The maximum absolute atomic E-state index is 12.7. The van der Waals surface area contributed by atoms with Crippen LogP contribution in [0.3, 0.4) is 0 Å². The van der Waals surface area contributed by atoms with E-state index in [4.69, 9.17) is 14.2 Å². The van der Waals surface area contributed by atoms with Crippen molar-refractivity contribution in [3.8, 4) is 0 Å². The van der Waals surface area contributed by atoms with E-state index in [1.807, 2.05) is 34.3 Å². The average molecular weight is 841 g/mol. The molecule has 0 rings (SSSR count). The Morgan fingerprint density at radius 3 is 1.59 bits per heavy atom. The minimum Gasteiger partial charge on any atom is -0.460 e. The number of amides is 2. The Hall–Kier alpha value is -3.03. The minimum absolute atomic E-state index is 0.0379. The summed E-state index contributed by atoms with van der Waals surface area (Å²) >= 11 is 0. The molecule has 0 radical (unpaired) electrons. The second-order valence-electron chi connectivity index (χ2n) is 17.7. The molecule has 0 spiro atoms. The Labute approximate surface area is 358 Å². The van der Waals surface area contributed by atoms with Gasteiger partial charge in [0.15, 0.2) is 13.1 Å². The van der Waals surface area contributed by atoms with Crippen molar-refractivity contribution in [1.82, 2.24) is 10.6 Å².